The molecule has 4 rings (SSSR count). The molecule has 2 aliphatic heterocycles. The first kappa shape index (κ1) is 21.5. The zero-order chi connectivity index (χ0) is 22.2. The molecule has 0 atom stereocenters. The van der Waals surface area contributed by atoms with E-state index in [9.17, 15) is 18.0 Å². The molecule has 31 heavy (non-hydrogen) atoms. The zero-order valence-electron chi connectivity index (χ0n) is 17.5. The summed E-state index contributed by atoms with van der Waals surface area (Å²) in [6.45, 7) is 3.48. The van der Waals surface area contributed by atoms with Gasteiger partial charge in [-0.2, -0.15) is 4.31 Å². The van der Waals surface area contributed by atoms with Crippen molar-refractivity contribution in [2.75, 3.05) is 44.9 Å². The van der Waals surface area contributed by atoms with Gasteiger partial charge in [-0.3, -0.25) is 4.79 Å². The minimum atomic E-state index is -3.72. The van der Waals surface area contributed by atoms with Gasteiger partial charge >= 0.3 is 5.97 Å². The van der Waals surface area contributed by atoms with Crippen molar-refractivity contribution in [3.05, 3.63) is 58.7 Å². The summed E-state index contributed by atoms with van der Waals surface area (Å²) in [4.78, 5) is 26.8. The van der Waals surface area contributed by atoms with Crippen LogP contribution in [-0.2, 0) is 25.9 Å². The molecule has 2 aromatic carbocycles. The van der Waals surface area contributed by atoms with Gasteiger partial charge in [-0.15, -0.1) is 0 Å². The van der Waals surface area contributed by atoms with Gasteiger partial charge in [-0.25, -0.2) is 13.2 Å². The molecule has 2 aromatic rings. The number of rotatable bonds is 4. The van der Waals surface area contributed by atoms with Crippen molar-refractivity contribution >= 4 is 27.6 Å². The number of benzene rings is 2. The van der Waals surface area contributed by atoms with Crippen LogP contribution in [0.4, 0.5) is 5.69 Å². The number of morpholine rings is 1. The SMILES string of the molecule is COC(=O)c1ccc2c(c1)CCN2C(=O)c1ccc(C)c(S(=O)(=O)N2CCOCC2)c1. The number of esters is 1. The van der Waals surface area contributed by atoms with Gasteiger partial charge < -0.3 is 14.4 Å². The molecule has 9 heteroatoms. The predicted octanol–water partition coefficient (Wildman–Crippen LogP) is 2.01. The third kappa shape index (κ3) is 3.96. The van der Waals surface area contributed by atoms with Gasteiger partial charge in [0.1, 0.15) is 0 Å². The highest BCUT2D eigenvalue weighted by Gasteiger charge is 2.31. The van der Waals surface area contributed by atoms with E-state index in [2.05, 4.69) is 0 Å². The third-order valence-electron chi connectivity index (χ3n) is 5.66. The molecule has 0 saturated carbocycles. The molecule has 164 valence electrons. The summed E-state index contributed by atoms with van der Waals surface area (Å²) in [7, 11) is -2.39. The smallest absolute Gasteiger partial charge is 0.337 e. The number of aryl methyl sites for hydroxylation is 1. The summed E-state index contributed by atoms with van der Waals surface area (Å²) < 4.78 is 37.7. The number of methoxy groups -OCH3 is 1. The maximum Gasteiger partial charge on any atom is 0.337 e. The number of carbonyl (C=O) groups excluding carboxylic acids is 2. The minimum absolute atomic E-state index is 0.140. The second-order valence-corrected chi connectivity index (χ2v) is 9.44. The average molecular weight is 445 g/mol. The van der Waals surface area contributed by atoms with Crippen molar-refractivity contribution in [3.8, 4) is 0 Å². The fraction of sp³-hybridized carbons (Fsp3) is 0.364. The number of sulfonamides is 1. The Morgan fingerprint density at radius 2 is 1.71 bits per heavy atom. The maximum absolute atomic E-state index is 13.3. The first-order chi connectivity index (χ1) is 14.8. The van der Waals surface area contributed by atoms with Crippen molar-refractivity contribution in [1.82, 2.24) is 4.31 Å². The van der Waals surface area contributed by atoms with E-state index in [0.29, 0.717) is 56.0 Å². The average Bonchev–Trinajstić information content (AvgIpc) is 3.22. The maximum atomic E-state index is 13.3. The largest absolute Gasteiger partial charge is 0.465 e. The fourth-order valence-corrected chi connectivity index (χ4v) is 5.61. The predicted molar refractivity (Wildman–Crippen MR) is 114 cm³/mol. The van der Waals surface area contributed by atoms with E-state index < -0.39 is 16.0 Å². The van der Waals surface area contributed by atoms with Crippen LogP contribution in [0.15, 0.2) is 41.3 Å². The summed E-state index contributed by atoms with van der Waals surface area (Å²) in [5.74, 6) is -0.702. The zero-order valence-corrected chi connectivity index (χ0v) is 18.3. The first-order valence-electron chi connectivity index (χ1n) is 10.0. The van der Waals surface area contributed by atoms with Gasteiger partial charge in [-0.05, 0) is 54.8 Å². The van der Waals surface area contributed by atoms with Crippen LogP contribution in [0, 0.1) is 6.92 Å². The van der Waals surface area contributed by atoms with Crippen LogP contribution in [0.5, 0.6) is 0 Å². The van der Waals surface area contributed by atoms with Crippen LogP contribution in [0.1, 0.15) is 31.8 Å². The lowest BCUT2D eigenvalue weighted by molar-refractivity contribution is 0.0600. The highest BCUT2D eigenvalue weighted by Crippen LogP contribution is 2.31. The first-order valence-corrected chi connectivity index (χ1v) is 11.5. The monoisotopic (exact) mass is 444 g/mol. The number of ether oxygens (including phenoxy) is 2. The molecule has 0 aromatic heterocycles. The normalized spacial score (nSPS) is 16.8. The van der Waals surface area contributed by atoms with Crippen molar-refractivity contribution in [1.29, 1.82) is 0 Å². The molecule has 1 amide bonds. The van der Waals surface area contributed by atoms with E-state index in [1.54, 1.807) is 42.2 Å². The third-order valence-corrected chi connectivity index (χ3v) is 7.70. The molecule has 1 saturated heterocycles. The Morgan fingerprint density at radius 1 is 1.00 bits per heavy atom. The van der Waals surface area contributed by atoms with Gasteiger partial charge in [0.05, 0.1) is 30.8 Å². The molecular formula is C22H24N2O6S. The van der Waals surface area contributed by atoms with Gasteiger partial charge in [0.15, 0.2) is 0 Å². The Morgan fingerprint density at radius 3 is 2.42 bits per heavy atom. The minimum Gasteiger partial charge on any atom is -0.465 e. The van der Waals surface area contributed by atoms with Crippen molar-refractivity contribution in [3.63, 3.8) is 0 Å². The quantitative estimate of drug-likeness (QED) is 0.670. The Kier molecular flexibility index (Phi) is 5.83. The lowest BCUT2D eigenvalue weighted by Gasteiger charge is -2.27. The summed E-state index contributed by atoms with van der Waals surface area (Å²) in [5.41, 5.74) is 2.93. The van der Waals surface area contributed by atoms with Gasteiger partial charge in [0.2, 0.25) is 10.0 Å². The van der Waals surface area contributed by atoms with Crippen LogP contribution >= 0.6 is 0 Å². The van der Waals surface area contributed by atoms with Gasteiger partial charge in [0, 0.05) is 30.9 Å². The summed E-state index contributed by atoms with van der Waals surface area (Å²) in [6, 6.07) is 9.86. The number of fused-ring (bicyclic) bond motifs is 1. The van der Waals surface area contributed by atoms with E-state index >= 15 is 0 Å². The number of anilines is 1. The van der Waals surface area contributed by atoms with Crippen LogP contribution in [0.3, 0.4) is 0 Å². The van der Waals surface area contributed by atoms with Crippen molar-refractivity contribution < 1.29 is 27.5 Å². The molecular weight excluding hydrogens is 420 g/mol. The Balaban J connectivity index is 1.64. The molecule has 0 N–H and O–H groups in total. The Labute approximate surface area is 181 Å². The van der Waals surface area contributed by atoms with Crippen LogP contribution in [0.25, 0.3) is 0 Å². The molecule has 2 aliphatic rings. The summed E-state index contributed by atoms with van der Waals surface area (Å²) in [5, 5.41) is 0. The van der Waals surface area contributed by atoms with Crippen LogP contribution < -0.4 is 4.90 Å². The van der Waals surface area contributed by atoms with Crippen LogP contribution in [-0.4, -0.2) is 64.6 Å². The summed E-state index contributed by atoms with van der Waals surface area (Å²) >= 11 is 0. The fourth-order valence-electron chi connectivity index (χ4n) is 3.95. The van der Waals surface area contributed by atoms with Crippen LogP contribution in [0.2, 0.25) is 0 Å². The van der Waals surface area contributed by atoms with E-state index in [-0.39, 0.29) is 10.8 Å². The van der Waals surface area contributed by atoms with E-state index in [0.717, 1.165) is 11.3 Å². The van der Waals surface area contributed by atoms with E-state index in [1.807, 2.05) is 0 Å². The molecule has 0 bridgehead atoms. The molecule has 8 nitrogen and oxygen atoms in total. The number of amides is 1. The molecule has 1 fully saturated rings. The molecule has 2 heterocycles. The number of nitrogens with zero attached hydrogens (tertiary/aromatic N) is 2. The van der Waals surface area contributed by atoms with Gasteiger partial charge in [0.25, 0.3) is 5.91 Å². The number of carbonyl (C=O) groups is 2. The topological polar surface area (TPSA) is 93.2 Å². The lowest BCUT2D eigenvalue weighted by atomic mass is 10.1. The van der Waals surface area contributed by atoms with Gasteiger partial charge in [-0.1, -0.05) is 6.07 Å². The molecule has 0 aliphatic carbocycles. The number of hydrogen-bond acceptors (Lipinski definition) is 6. The van der Waals surface area contributed by atoms with E-state index in [1.165, 1.54) is 17.5 Å². The lowest BCUT2D eigenvalue weighted by Crippen LogP contribution is -2.41. The second kappa shape index (κ2) is 8.41. The standard InChI is InChI=1S/C22H24N2O6S/c1-15-3-4-17(14-20(15)31(27,28)23-9-11-30-12-10-23)21(25)24-8-7-16-13-18(22(26)29-2)5-6-19(16)24/h3-6,13-14H,7-12H2,1-2H3. The highest BCUT2D eigenvalue weighted by atomic mass is 32.2. The summed E-state index contributed by atoms with van der Waals surface area (Å²) in [6.07, 6.45) is 0.608. The van der Waals surface area contributed by atoms with E-state index in [4.69, 9.17) is 9.47 Å². The van der Waals surface area contributed by atoms with Crippen molar-refractivity contribution in [2.45, 2.75) is 18.2 Å². The number of hydrogen-bond donors (Lipinski definition) is 0. The Hall–Kier alpha value is -2.75. The molecule has 0 spiro atoms. The molecule has 0 radical (unpaired) electrons. The van der Waals surface area contributed by atoms with Crippen molar-refractivity contribution in [2.24, 2.45) is 0 Å². The molecule has 0 unspecified atom stereocenters. The second-order valence-electron chi connectivity index (χ2n) is 7.54. The Bertz CT molecular complexity index is 1140. The highest BCUT2D eigenvalue weighted by molar-refractivity contribution is 7.89.